The predicted octanol–water partition coefficient (Wildman–Crippen LogP) is 4.21. The zero-order valence-corrected chi connectivity index (χ0v) is 59.5. The number of nitrogens with zero attached hydrogens (tertiary/aromatic N) is 7. The summed E-state index contributed by atoms with van der Waals surface area (Å²) in [5.74, 6) is -9.85. The summed E-state index contributed by atoms with van der Waals surface area (Å²) < 4.78 is 6.06. The lowest BCUT2D eigenvalue weighted by Crippen LogP contribution is -2.64. The molecule has 5 N–H and O–H groups in total. The van der Waals surface area contributed by atoms with E-state index in [1.165, 1.54) is 101 Å². The highest BCUT2D eigenvalue weighted by Crippen LogP contribution is 2.27. The Morgan fingerprint density at radius 3 is 1.41 bits per heavy atom. The monoisotopic (exact) mass is 1270 g/mol. The highest BCUT2D eigenvalue weighted by molar-refractivity contribution is 6.00. The van der Waals surface area contributed by atoms with E-state index in [9.17, 15) is 43.5 Å². The zero-order chi connectivity index (χ0) is 69.9. The molecule has 1 aliphatic rings. The van der Waals surface area contributed by atoms with Gasteiger partial charge in [-0.05, 0) is 102 Å². The van der Waals surface area contributed by atoms with Gasteiger partial charge in [0.1, 0.15) is 66.5 Å². The van der Waals surface area contributed by atoms with Crippen LogP contribution in [-0.2, 0) is 57.5 Å². The number of carbonyl (C=O) groups excluding carboxylic acids is 11. The molecular weight excluding hydrogens is 1150 g/mol. The van der Waals surface area contributed by atoms with E-state index in [2.05, 4.69) is 27.8 Å². The minimum absolute atomic E-state index is 0.000514. The maximum atomic E-state index is 15.2. The molecule has 0 spiro atoms. The average molecular weight is 1270 g/mol. The van der Waals surface area contributed by atoms with Crippen LogP contribution in [0.2, 0.25) is 0 Å². The maximum Gasteiger partial charge on any atom is 0.246 e. The summed E-state index contributed by atoms with van der Waals surface area (Å²) in [4.78, 5) is 171. The second kappa shape index (κ2) is 36.8. The lowest BCUT2D eigenvalue weighted by atomic mass is 9.90. The van der Waals surface area contributed by atoms with Crippen molar-refractivity contribution in [1.82, 2.24) is 55.6 Å². The van der Waals surface area contributed by atoms with Crippen molar-refractivity contribution in [2.24, 2.45) is 35.5 Å². The molecule has 13 atom stereocenters. The Kier molecular flexibility index (Phi) is 33.4. The molecule has 0 radical (unpaired) electrons. The van der Waals surface area contributed by atoms with Crippen LogP contribution in [0.3, 0.4) is 0 Å². The minimum atomic E-state index is -1.61. The molecule has 24 heteroatoms. The third-order valence-corrected chi connectivity index (χ3v) is 17.4. The van der Waals surface area contributed by atoms with Gasteiger partial charge in [0.15, 0.2) is 0 Å². The van der Waals surface area contributed by atoms with Crippen molar-refractivity contribution in [3.8, 4) is 0 Å². The molecule has 1 rings (SSSR count). The SMILES string of the molecule is C=CCOC(C)(C)C[C@H]1C(=O)N[C@@H](C(C)C)C(=O)N(C)[C@@H](CC(C)C)C(=O)N[C@@H](C)C(=O)N[C@H](C)C(=O)N(C)[C@@H](CC(C)C)C(=O)N(C)[C@@H](CC(C)C)C(=O)N(C)[C@@H](C(C)C)C(=O)N(C)[C@@H]([C@H](O)[C@H](C)CCCC)C(=O)N[C@@H](CC)C(=O)N(C)[C@H](C)C(=O)N1C. The van der Waals surface area contributed by atoms with Gasteiger partial charge in [-0.2, -0.15) is 0 Å². The second-order valence-corrected chi connectivity index (χ2v) is 27.7. The Hall–Kier alpha value is -6.17. The van der Waals surface area contributed by atoms with Crippen LogP contribution < -0.4 is 21.3 Å². The van der Waals surface area contributed by atoms with Crippen molar-refractivity contribution in [3.05, 3.63) is 12.7 Å². The number of carbonyl (C=O) groups is 11. The molecule has 1 saturated heterocycles. The van der Waals surface area contributed by atoms with Crippen LogP contribution in [0.1, 0.15) is 176 Å². The number of hydrogen-bond acceptors (Lipinski definition) is 13. The Morgan fingerprint density at radius 2 is 0.944 bits per heavy atom. The number of hydrogen-bond donors (Lipinski definition) is 5. The minimum Gasteiger partial charge on any atom is -0.390 e. The number of ether oxygens (including phenoxy) is 1. The number of unbranched alkanes of at least 4 members (excludes halogenated alkanes) is 1. The first-order valence-electron chi connectivity index (χ1n) is 32.5. The lowest BCUT2D eigenvalue weighted by Gasteiger charge is -2.41. The molecule has 24 nitrogen and oxygen atoms in total. The van der Waals surface area contributed by atoms with Crippen LogP contribution >= 0.6 is 0 Å². The third-order valence-electron chi connectivity index (χ3n) is 17.4. The normalized spacial score (nSPS) is 26.9. The zero-order valence-electron chi connectivity index (χ0n) is 59.5. The summed E-state index contributed by atoms with van der Waals surface area (Å²) in [5.41, 5.74) is -1.08. The van der Waals surface area contributed by atoms with E-state index in [1.54, 1.807) is 55.4 Å². The van der Waals surface area contributed by atoms with Crippen LogP contribution in [0.25, 0.3) is 0 Å². The summed E-state index contributed by atoms with van der Waals surface area (Å²) in [5, 5.41) is 23.3. The van der Waals surface area contributed by atoms with Crippen molar-refractivity contribution in [3.63, 3.8) is 0 Å². The standard InChI is InChI=1S/C66H119N11O13/c1-27-30-31-42(14)54(78)53-58(82)69-46(29-3)61(85)71(20)45(17)60(84)75(24)50(36-66(18,19)90-32-28-2)57(81)70-51(40(10)11)64(88)72(21)47(33-37(4)5)56(80)67-43(15)55(79)68-44(16)59(83)73(22)48(34-38(6)7)62(86)74(23)49(35-39(8)9)63(87)76(25)52(41(12)13)65(89)77(53)26/h28,37-54,78H,2,27,29-36H2,1,3-26H3,(H,67,80)(H,68,79)(H,69,82)(H,70,81)/t42-,43+,44-,45-,46+,47+,48+,49+,50+,51+,52+,53+,54-/m1/s1. The second-order valence-electron chi connectivity index (χ2n) is 27.7. The Morgan fingerprint density at radius 1 is 0.500 bits per heavy atom. The molecule has 0 aliphatic carbocycles. The number of rotatable bonds is 19. The molecule has 0 saturated carbocycles. The Labute approximate surface area is 539 Å². The Balaban J connectivity index is 4.45. The van der Waals surface area contributed by atoms with E-state index >= 15 is 14.4 Å². The summed E-state index contributed by atoms with van der Waals surface area (Å²) in [6, 6.07) is -14.0. The third kappa shape index (κ3) is 22.6. The van der Waals surface area contributed by atoms with Gasteiger partial charge in [-0.25, -0.2) is 0 Å². The largest absolute Gasteiger partial charge is 0.390 e. The van der Waals surface area contributed by atoms with E-state index in [0.717, 1.165) is 16.2 Å². The van der Waals surface area contributed by atoms with Gasteiger partial charge in [0.05, 0.1) is 18.3 Å². The molecule has 0 aromatic heterocycles. The fourth-order valence-electron chi connectivity index (χ4n) is 11.4. The molecular formula is C66H119N11O13. The molecule has 1 heterocycles. The maximum absolute atomic E-state index is 15.2. The van der Waals surface area contributed by atoms with E-state index in [0.29, 0.717) is 12.8 Å². The molecule has 516 valence electrons. The summed E-state index contributed by atoms with van der Waals surface area (Å²) in [7, 11) is 9.91. The average Bonchev–Trinajstić information content (AvgIpc) is 0.948. The number of amides is 11. The molecule has 0 unspecified atom stereocenters. The molecule has 90 heavy (non-hydrogen) atoms. The number of aliphatic hydroxyl groups is 1. The van der Waals surface area contributed by atoms with Crippen LogP contribution in [-0.4, -0.2) is 238 Å². The fraction of sp³-hybridized carbons (Fsp3) is 0.803. The first-order chi connectivity index (χ1) is 41.5. The summed E-state index contributed by atoms with van der Waals surface area (Å²) in [6.45, 7) is 35.1. The molecule has 1 aliphatic heterocycles. The lowest BCUT2D eigenvalue weighted by molar-refractivity contribution is -0.157. The van der Waals surface area contributed by atoms with Crippen molar-refractivity contribution < 1.29 is 62.6 Å². The summed E-state index contributed by atoms with van der Waals surface area (Å²) >= 11 is 0. The number of nitrogens with one attached hydrogen (secondary N) is 4. The van der Waals surface area contributed by atoms with Gasteiger partial charge in [-0.15, -0.1) is 6.58 Å². The van der Waals surface area contributed by atoms with Crippen LogP contribution in [0.4, 0.5) is 0 Å². The first kappa shape index (κ1) is 81.8. The van der Waals surface area contributed by atoms with Crippen molar-refractivity contribution in [1.29, 1.82) is 0 Å². The smallest absolute Gasteiger partial charge is 0.246 e. The predicted molar refractivity (Wildman–Crippen MR) is 349 cm³/mol. The van der Waals surface area contributed by atoms with E-state index < -0.39 is 161 Å². The quantitative estimate of drug-likeness (QED) is 0.114. The van der Waals surface area contributed by atoms with E-state index in [1.807, 2.05) is 48.5 Å². The van der Waals surface area contributed by atoms with Crippen LogP contribution in [0.15, 0.2) is 12.7 Å². The van der Waals surface area contributed by atoms with Gasteiger partial charge in [0.25, 0.3) is 0 Å². The molecule has 0 bridgehead atoms. The number of aliphatic hydroxyl groups excluding tert-OH is 1. The van der Waals surface area contributed by atoms with Gasteiger partial charge in [-0.1, -0.05) is 109 Å². The molecule has 11 amide bonds. The van der Waals surface area contributed by atoms with Crippen molar-refractivity contribution >= 4 is 65.0 Å². The van der Waals surface area contributed by atoms with Gasteiger partial charge in [-0.3, -0.25) is 52.7 Å². The van der Waals surface area contributed by atoms with E-state index in [4.69, 9.17) is 4.74 Å². The van der Waals surface area contributed by atoms with Gasteiger partial charge in [0, 0.05) is 55.8 Å². The number of likely N-dealkylation sites (N-methyl/N-ethyl adjacent to an activating group) is 7. The summed E-state index contributed by atoms with van der Waals surface area (Å²) in [6.07, 6.45) is 2.31. The topological polar surface area (TPSA) is 288 Å². The molecule has 0 aromatic carbocycles. The highest BCUT2D eigenvalue weighted by Gasteiger charge is 2.46. The first-order valence-corrected chi connectivity index (χ1v) is 32.5. The van der Waals surface area contributed by atoms with Gasteiger partial charge in [0.2, 0.25) is 65.0 Å². The van der Waals surface area contributed by atoms with Crippen molar-refractivity contribution in [2.45, 2.75) is 254 Å². The highest BCUT2D eigenvalue weighted by atomic mass is 16.5. The van der Waals surface area contributed by atoms with Gasteiger partial charge >= 0.3 is 0 Å². The van der Waals surface area contributed by atoms with Crippen LogP contribution in [0.5, 0.6) is 0 Å². The fourth-order valence-corrected chi connectivity index (χ4v) is 11.4. The Bertz CT molecular complexity index is 2450. The molecule has 1 fully saturated rings. The van der Waals surface area contributed by atoms with Crippen LogP contribution in [0, 0.1) is 35.5 Å². The van der Waals surface area contributed by atoms with Gasteiger partial charge < -0.3 is 65.4 Å². The van der Waals surface area contributed by atoms with Crippen molar-refractivity contribution in [2.75, 3.05) is 55.9 Å². The van der Waals surface area contributed by atoms with E-state index in [-0.39, 0.29) is 56.5 Å². The molecule has 0 aromatic rings.